The maximum Gasteiger partial charge on any atom is 0.230 e. The zero-order chi connectivity index (χ0) is 19.6. The summed E-state index contributed by atoms with van der Waals surface area (Å²) in [4.78, 5) is 12.8. The van der Waals surface area contributed by atoms with Crippen molar-refractivity contribution in [1.29, 1.82) is 0 Å². The number of methoxy groups -OCH3 is 2. The Kier molecular flexibility index (Phi) is 9.49. The first-order chi connectivity index (χ1) is 12.4. The van der Waals surface area contributed by atoms with Gasteiger partial charge in [0, 0.05) is 5.41 Å². The molecule has 0 saturated carbocycles. The first kappa shape index (κ1) is 22.3. The van der Waals surface area contributed by atoms with Crippen LogP contribution >= 0.6 is 0 Å². The van der Waals surface area contributed by atoms with E-state index in [1.165, 1.54) is 39.9 Å². The Balaban J connectivity index is 2.76. The standard InChI is InChI=1S/C21H35NO4/c1-6-7-8-9-10-11-12-21(2,3)20(24)22-19-17(25-4)13-16(15-23)14-18(19)26-5/h13-14,23H,6-12,15H2,1-5H3,(H,22,24). The number of carbonyl (C=O) groups is 1. The van der Waals surface area contributed by atoms with Gasteiger partial charge in [0.15, 0.2) is 0 Å². The summed E-state index contributed by atoms with van der Waals surface area (Å²) in [6, 6.07) is 3.41. The number of carbonyl (C=O) groups excluding carboxylic acids is 1. The summed E-state index contributed by atoms with van der Waals surface area (Å²) in [5.74, 6) is 0.911. The first-order valence-electron chi connectivity index (χ1n) is 9.56. The Morgan fingerprint density at radius 1 is 1.04 bits per heavy atom. The van der Waals surface area contributed by atoms with E-state index in [0.717, 1.165) is 19.3 Å². The Labute approximate surface area is 158 Å². The monoisotopic (exact) mass is 365 g/mol. The lowest BCUT2D eigenvalue weighted by molar-refractivity contribution is -0.124. The van der Waals surface area contributed by atoms with Crippen LogP contribution in [-0.4, -0.2) is 25.2 Å². The van der Waals surface area contributed by atoms with Crippen LogP contribution in [0.5, 0.6) is 11.5 Å². The summed E-state index contributed by atoms with van der Waals surface area (Å²) in [6.07, 6.45) is 8.07. The molecule has 0 fully saturated rings. The molecule has 0 aromatic heterocycles. The molecule has 26 heavy (non-hydrogen) atoms. The number of nitrogens with one attached hydrogen (secondary N) is 1. The second-order valence-electron chi connectivity index (χ2n) is 7.39. The molecule has 5 heteroatoms. The third-order valence-corrected chi connectivity index (χ3v) is 4.76. The summed E-state index contributed by atoms with van der Waals surface area (Å²) in [5.41, 5.74) is 0.701. The van der Waals surface area contributed by atoms with Crippen molar-refractivity contribution in [2.45, 2.75) is 72.3 Å². The van der Waals surface area contributed by atoms with E-state index < -0.39 is 5.41 Å². The minimum absolute atomic E-state index is 0.0561. The fourth-order valence-electron chi connectivity index (χ4n) is 2.92. The van der Waals surface area contributed by atoms with Gasteiger partial charge in [-0.1, -0.05) is 59.3 Å². The fraction of sp³-hybridized carbons (Fsp3) is 0.667. The summed E-state index contributed by atoms with van der Waals surface area (Å²) < 4.78 is 10.7. The molecule has 0 spiro atoms. The van der Waals surface area contributed by atoms with Crippen molar-refractivity contribution in [1.82, 2.24) is 0 Å². The molecule has 0 bridgehead atoms. The van der Waals surface area contributed by atoms with Crippen LogP contribution in [0.15, 0.2) is 12.1 Å². The number of unbranched alkanes of at least 4 members (excludes halogenated alkanes) is 5. The van der Waals surface area contributed by atoms with Crippen LogP contribution in [0.3, 0.4) is 0 Å². The normalized spacial score (nSPS) is 11.3. The lowest BCUT2D eigenvalue weighted by Gasteiger charge is -2.25. The number of amides is 1. The average Bonchev–Trinajstić information content (AvgIpc) is 2.64. The number of ether oxygens (including phenoxy) is 2. The van der Waals surface area contributed by atoms with Crippen LogP contribution < -0.4 is 14.8 Å². The SMILES string of the molecule is CCCCCCCCC(C)(C)C(=O)Nc1c(OC)cc(CO)cc1OC. The Morgan fingerprint density at radius 2 is 1.58 bits per heavy atom. The maximum absolute atomic E-state index is 12.8. The van der Waals surface area contributed by atoms with Gasteiger partial charge in [0.25, 0.3) is 0 Å². The highest BCUT2D eigenvalue weighted by Crippen LogP contribution is 2.38. The fourth-order valence-corrected chi connectivity index (χ4v) is 2.92. The van der Waals surface area contributed by atoms with Crippen LogP contribution in [0, 0.1) is 5.41 Å². The van der Waals surface area contributed by atoms with E-state index in [0.29, 0.717) is 22.7 Å². The molecular formula is C21H35NO4. The Bertz CT molecular complexity index is 544. The molecule has 1 aromatic carbocycles. The molecule has 2 N–H and O–H groups in total. The molecule has 148 valence electrons. The molecule has 0 aliphatic rings. The summed E-state index contributed by atoms with van der Waals surface area (Å²) in [7, 11) is 3.07. The molecule has 1 aromatic rings. The van der Waals surface area contributed by atoms with Gasteiger partial charge in [-0.2, -0.15) is 0 Å². The smallest absolute Gasteiger partial charge is 0.230 e. The molecule has 1 rings (SSSR count). The highest BCUT2D eigenvalue weighted by Gasteiger charge is 2.29. The Hall–Kier alpha value is -1.75. The molecule has 0 saturated heterocycles. The van der Waals surface area contributed by atoms with Gasteiger partial charge in [-0.15, -0.1) is 0 Å². The number of aliphatic hydroxyl groups is 1. The van der Waals surface area contributed by atoms with E-state index in [1.807, 2.05) is 13.8 Å². The van der Waals surface area contributed by atoms with Gasteiger partial charge in [-0.05, 0) is 24.1 Å². The van der Waals surface area contributed by atoms with Gasteiger partial charge < -0.3 is 19.9 Å². The zero-order valence-corrected chi connectivity index (χ0v) is 17.0. The highest BCUT2D eigenvalue weighted by molar-refractivity contribution is 5.97. The third kappa shape index (κ3) is 6.52. The summed E-state index contributed by atoms with van der Waals surface area (Å²) in [6.45, 7) is 6.03. The number of rotatable bonds is 12. The van der Waals surface area contributed by atoms with E-state index in [-0.39, 0.29) is 12.5 Å². The van der Waals surface area contributed by atoms with Crippen LogP contribution in [-0.2, 0) is 11.4 Å². The van der Waals surface area contributed by atoms with Crippen molar-refractivity contribution in [3.05, 3.63) is 17.7 Å². The predicted octanol–water partition coefficient (Wildman–Crippen LogP) is 4.91. The number of benzene rings is 1. The molecule has 1 amide bonds. The lowest BCUT2D eigenvalue weighted by atomic mass is 9.85. The van der Waals surface area contributed by atoms with Crippen LogP contribution in [0.2, 0.25) is 0 Å². The third-order valence-electron chi connectivity index (χ3n) is 4.76. The minimum Gasteiger partial charge on any atom is -0.494 e. The first-order valence-corrected chi connectivity index (χ1v) is 9.56. The van der Waals surface area contributed by atoms with Crippen molar-refractivity contribution in [2.75, 3.05) is 19.5 Å². The van der Waals surface area contributed by atoms with Crippen molar-refractivity contribution in [3.8, 4) is 11.5 Å². The van der Waals surface area contributed by atoms with Crippen molar-refractivity contribution in [3.63, 3.8) is 0 Å². The van der Waals surface area contributed by atoms with Gasteiger partial charge in [0.1, 0.15) is 17.2 Å². The molecular weight excluding hydrogens is 330 g/mol. The van der Waals surface area contributed by atoms with Gasteiger partial charge in [0.05, 0.1) is 20.8 Å². The van der Waals surface area contributed by atoms with Gasteiger partial charge in [0.2, 0.25) is 5.91 Å². The van der Waals surface area contributed by atoms with E-state index in [2.05, 4.69) is 12.2 Å². The minimum atomic E-state index is -0.476. The van der Waals surface area contributed by atoms with Gasteiger partial charge in [-0.25, -0.2) is 0 Å². The van der Waals surface area contributed by atoms with Crippen LogP contribution in [0.1, 0.15) is 71.3 Å². The van der Waals surface area contributed by atoms with Crippen molar-refractivity contribution in [2.24, 2.45) is 5.41 Å². The predicted molar refractivity (Wildman–Crippen MR) is 106 cm³/mol. The maximum atomic E-state index is 12.8. The molecule has 0 heterocycles. The van der Waals surface area contributed by atoms with E-state index >= 15 is 0 Å². The van der Waals surface area contributed by atoms with Crippen LogP contribution in [0.25, 0.3) is 0 Å². The molecule has 5 nitrogen and oxygen atoms in total. The molecule has 0 unspecified atom stereocenters. The zero-order valence-electron chi connectivity index (χ0n) is 17.0. The topological polar surface area (TPSA) is 67.8 Å². The molecule has 0 radical (unpaired) electrons. The second kappa shape index (κ2) is 11.1. The largest absolute Gasteiger partial charge is 0.494 e. The highest BCUT2D eigenvalue weighted by atomic mass is 16.5. The van der Waals surface area contributed by atoms with Crippen molar-refractivity contribution < 1.29 is 19.4 Å². The van der Waals surface area contributed by atoms with E-state index in [4.69, 9.17) is 9.47 Å². The van der Waals surface area contributed by atoms with Gasteiger partial charge >= 0.3 is 0 Å². The average molecular weight is 366 g/mol. The molecule has 0 aliphatic heterocycles. The van der Waals surface area contributed by atoms with Crippen molar-refractivity contribution >= 4 is 11.6 Å². The van der Waals surface area contributed by atoms with Crippen LogP contribution in [0.4, 0.5) is 5.69 Å². The van der Waals surface area contributed by atoms with E-state index in [1.54, 1.807) is 12.1 Å². The lowest BCUT2D eigenvalue weighted by Crippen LogP contribution is -2.31. The quantitative estimate of drug-likeness (QED) is 0.516. The number of anilines is 1. The number of aliphatic hydroxyl groups excluding tert-OH is 1. The van der Waals surface area contributed by atoms with Gasteiger partial charge in [-0.3, -0.25) is 4.79 Å². The number of hydrogen-bond acceptors (Lipinski definition) is 4. The number of hydrogen-bond donors (Lipinski definition) is 2. The molecule has 0 aliphatic carbocycles. The summed E-state index contributed by atoms with van der Waals surface area (Å²) >= 11 is 0. The molecule has 0 atom stereocenters. The summed E-state index contributed by atoms with van der Waals surface area (Å²) in [5, 5.41) is 12.3. The Morgan fingerprint density at radius 3 is 2.08 bits per heavy atom. The van der Waals surface area contributed by atoms with E-state index in [9.17, 15) is 9.90 Å². The second-order valence-corrected chi connectivity index (χ2v) is 7.39.